The smallest absolute Gasteiger partial charge is 0.350 e. The molecule has 0 spiro atoms. The topological polar surface area (TPSA) is 67.7 Å². The second-order valence-corrected chi connectivity index (χ2v) is 9.92. The molecule has 1 aromatic heterocycles. The number of hydrogen-bond donors (Lipinski definition) is 0. The number of hydrogen-bond acceptors (Lipinski definition) is 6. The number of amides is 1. The third kappa shape index (κ3) is 4.32. The molecule has 182 valence electrons. The summed E-state index contributed by atoms with van der Waals surface area (Å²) in [5, 5.41) is 1.26. The average molecular weight is 515 g/mol. The van der Waals surface area contributed by atoms with E-state index in [1.54, 1.807) is 40.5 Å². The lowest BCUT2D eigenvalue weighted by Gasteiger charge is -2.35. The molecule has 0 saturated carbocycles. The van der Waals surface area contributed by atoms with Crippen LogP contribution in [-0.2, 0) is 16.1 Å². The lowest BCUT2D eigenvalue weighted by molar-refractivity contribution is -0.126. The molecule has 7 nitrogen and oxygen atoms in total. The SMILES string of the molecule is C=CC(=O)N1CCN(c2nc(=O)n3c4c(c(-c5ccc(F)cc5)c(Cl)cc24)SC[C@@H](OC)C3)CC1. The fourth-order valence-corrected chi connectivity index (χ4v) is 6.33. The summed E-state index contributed by atoms with van der Waals surface area (Å²) in [6.45, 7) is 6.01. The quantitative estimate of drug-likeness (QED) is 0.493. The molecule has 1 amide bonds. The number of carbonyl (C=O) groups is 1. The highest BCUT2D eigenvalue weighted by Gasteiger charge is 2.29. The Labute approximate surface area is 211 Å². The number of anilines is 1. The number of piperazine rings is 1. The molecule has 35 heavy (non-hydrogen) atoms. The monoisotopic (exact) mass is 514 g/mol. The van der Waals surface area contributed by atoms with Crippen LogP contribution in [0.1, 0.15) is 0 Å². The summed E-state index contributed by atoms with van der Waals surface area (Å²) in [4.78, 5) is 34.4. The van der Waals surface area contributed by atoms with Crippen LogP contribution in [-0.4, -0.2) is 65.5 Å². The molecule has 2 aliphatic heterocycles. The van der Waals surface area contributed by atoms with Crippen molar-refractivity contribution in [3.63, 3.8) is 0 Å². The van der Waals surface area contributed by atoms with Gasteiger partial charge in [0.1, 0.15) is 11.6 Å². The molecule has 0 aliphatic carbocycles. The van der Waals surface area contributed by atoms with Crippen LogP contribution in [0, 0.1) is 5.82 Å². The van der Waals surface area contributed by atoms with Crippen LogP contribution in [0.15, 0.2) is 52.7 Å². The van der Waals surface area contributed by atoms with E-state index in [-0.39, 0.29) is 23.5 Å². The molecule has 0 bridgehead atoms. The maximum absolute atomic E-state index is 13.6. The number of rotatable bonds is 4. The number of carbonyl (C=O) groups excluding carboxylic acids is 1. The zero-order chi connectivity index (χ0) is 24.7. The fraction of sp³-hybridized carbons (Fsp3) is 0.320. The fourth-order valence-electron chi connectivity index (χ4n) is 4.64. The molecule has 0 unspecified atom stereocenters. The van der Waals surface area contributed by atoms with E-state index in [4.69, 9.17) is 16.3 Å². The van der Waals surface area contributed by atoms with Crippen molar-refractivity contribution in [2.75, 3.05) is 43.9 Å². The van der Waals surface area contributed by atoms with Gasteiger partial charge in [-0.25, -0.2) is 9.18 Å². The molecule has 3 aromatic rings. The van der Waals surface area contributed by atoms with E-state index in [0.717, 1.165) is 26.9 Å². The van der Waals surface area contributed by atoms with E-state index >= 15 is 0 Å². The number of halogens is 2. The molecule has 0 radical (unpaired) electrons. The van der Waals surface area contributed by atoms with E-state index < -0.39 is 0 Å². The van der Waals surface area contributed by atoms with Gasteiger partial charge in [-0.15, -0.1) is 11.8 Å². The number of benzene rings is 2. The number of aromatic nitrogens is 2. The van der Waals surface area contributed by atoms with Gasteiger partial charge < -0.3 is 14.5 Å². The summed E-state index contributed by atoms with van der Waals surface area (Å²) in [5.41, 5.74) is 1.91. The third-order valence-corrected chi connectivity index (χ3v) is 8.00. The Morgan fingerprint density at radius 1 is 1.26 bits per heavy atom. The molecule has 2 aliphatic rings. The van der Waals surface area contributed by atoms with Crippen molar-refractivity contribution in [1.82, 2.24) is 14.5 Å². The normalized spacial score (nSPS) is 18.0. The summed E-state index contributed by atoms with van der Waals surface area (Å²) < 4.78 is 20.9. The van der Waals surface area contributed by atoms with Gasteiger partial charge >= 0.3 is 5.69 Å². The summed E-state index contributed by atoms with van der Waals surface area (Å²) in [6.07, 6.45) is 1.13. The van der Waals surface area contributed by atoms with Crippen LogP contribution in [0.25, 0.3) is 22.0 Å². The lowest BCUT2D eigenvalue weighted by atomic mass is 10.0. The number of thioether (sulfide) groups is 1. The van der Waals surface area contributed by atoms with Crippen molar-refractivity contribution < 1.29 is 13.9 Å². The first-order valence-electron chi connectivity index (χ1n) is 11.3. The second-order valence-electron chi connectivity index (χ2n) is 8.48. The zero-order valence-electron chi connectivity index (χ0n) is 19.2. The Kier molecular flexibility index (Phi) is 6.57. The molecular formula is C25H24ClFN4O3S. The Bertz CT molecular complexity index is 1370. The number of methoxy groups -OCH3 is 1. The number of nitrogens with zero attached hydrogens (tertiary/aromatic N) is 4. The van der Waals surface area contributed by atoms with Gasteiger partial charge in [0.2, 0.25) is 5.91 Å². The van der Waals surface area contributed by atoms with Crippen LogP contribution in [0.3, 0.4) is 0 Å². The van der Waals surface area contributed by atoms with Crippen LogP contribution in [0.2, 0.25) is 5.02 Å². The van der Waals surface area contributed by atoms with Gasteiger partial charge in [-0.1, -0.05) is 30.3 Å². The van der Waals surface area contributed by atoms with Gasteiger partial charge in [0.25, 0.3) is 0 Å². The first kappa shape index (κ1) is 23.8. The Balaban J connectivity index is 1.70. The maximum atomic E-state index is 13.6. The van der Waals surface area contributed by atoms with E-state index in [0.29, 0.717) is 49.3 Å². The van der Waals surface area contributed by atoms with Crippen LogP contribution >= 0.6 is 23.4 Å². The van der Waals surface area contributed by atoms with E-state index in [9.17, 15) is 14.0 Å². The highest BCUT2D eigenvalue weighted by atomic mass is 35.5. The predicted molar refractivity (Wildman–Crippen MR) is 137 cm³/mol. The van der Waals surface area contributed by atoms with Crippen molar-refractivity contribution in [3.8, 4) is 11.1 Å². The minimum Gasteiger partial charge on any atom is -0.379 e. The molecule has 10 heteroatoms. The maximum Gasteiger partial charge on any atom is 0.350 e. The van der Waals surface area contributed by atoms with E-state index in [2.05, 4.69) is 11.6 Å². The highest BCUT2D eigenvalue weighted by molar-refractivity contribution is 7.99. The first-order chi connectivity index (χ1) is 16.9. The van der Waals surface area contributed by atoms with Gasteiger partial charge in [0.05, 0.1) is 23.2 Å². The van der Waals surface area contributed by atoms with Gasteiger partial charge in [-0.05, 0) is 29.8 Å². The van der Waals surface area contributed by atoms with Gasteiger partial charge in [-0.2, -0.15) is 4.98 Å². The van der Waals surface area contributed by atoms with Gasteiger partial charge in [-0.3, -0.25) is 9.36 Å². The summed E-state index contributed by atoms with van der Waals surface area (Å²) in [5.74, 6) is 0.734. The molecule has 1 saturated heterocycles. The van der Waals surface area contributed by atoms with Crippen molar-refractivity contribution >= 4 is 46.0 Å². The molecule has 2 aromatic carbocycles. The van der Waals surface area contributed by atoms with Crippen LogP contribution in [0.4, 0.5) is 10.2 Å². The molecule has 1 fully saturated rings. The van der Waals surface area contributed by atoms with Crippen molar-refractivity contribution in [1.29, 1.82) is 0 Å². The predicted octanol–water partition coefficient (Wildman–Crippen LogP) is 3.81. The largest absolute Gasteiger partial charge is 0.379 e. The third-order valence-electron chi connectivity index (χ3n) is 6.48. The van der Waals surface area contributed by atoms with Crippen LogP contribution in [0.5, 0.6) is 0 Å². The Morgan fingerprint density at radius 2 is 1.97 bits per heavy atom. The molecule has 0 N–H and O–H groups in total. The molecule has 5 rings (SSSR count). The number of ether oxygens (including phenoxy) is 1. The van der Waals surface area contributed by atoms with Crippen molar-refractivity contribution in [2.24, 2.45) is 0 Å². The minimum atomic E-state index is -0.365. The molecule has 1 atom stereocenters. The molecular weight excluding hydrogens is 491 g/mol. The average Bonchev–Trinajstić information content (AvgIpc) is 3.07. The van der Waals surface area contributed by atoms with Crippen LogP contribution < -0.4 is 10.6 Å². The standard InChI is InChI=1S/C25H24ClFN4O3S/c1-3-20(32)29-8-10-30(11-9-29)24-18-12-19(26)21(15-4-6-16(27)7-5-15)23-22(18)31(25(33)28-24)13-17(34-2)14-35-23/h3-7,12,17H,1,8-11,13-14H2,2H3/t17-/m0/s1. The van der Waals surface area contributed by atoms with Gasteiger partial charge in [0.15, 0.2) is 0 Å². The second kappa shape index (κ2) is 9.64. The van der Waals surface area contributed by atoms with E-state index in [1.807, 2.05) is 11.0 Å². The van der Waals surface area contributed by atoms with Crippen molar-refractivity contribution in [2.45, 2.75) is 17.5 Å². The summed E-state index contributed by atoms with van der Waals surface area (Å²) in [6, 6.07) is 8.03. The zero-order valence-corrected chi connectivity index (χ0v) is 20.7. The lowest BCUT2D eigenvalue weighted by Crippen LogP contribution is -2.49. The molecule has 3 heterocycles. The Morgan fingerprint density at radius 3 is 2.63 bits per heavy atom. The summed E-state index contributed by atoms with van der Waals surface area (Å²) in [7, 11) is 1.63. The summed E-state index contributed by atoms with van der Waals surface area (Å²) >= 11 is 8.43. The Hall–Kier alpha value is -2.88. The highest BCUT2D eigenvalue weighted by Crippen LogP contribution is 2.45. The minimum absolute atomic E-state index is 0.111. The first-order valence-corrected chi connectivity index (χ1v) is 12.6. The van der Waals surface area contributed by atoms with E-state index in [1.165, 1.54) is 18.2 Å². The van der Waals surface area contributed by atoms with Crippen molar-refractivity contribution in [3.05, 3.63) is 64.3 Å². The van der Waals surface area contributed by atoms with Gasteiger partial charge in [0, 0.05) is 54.9 Å².